The van der Waals surface area contributed by atoms with Gasteiger partial charge in [-0.05, 0) is 13.8 Å². The van der Waals surface area contributed by atoms with Gasteiger partial charge in [-0.25, -0.2) is 4.79 Å². The molecule has 0 saturated carbocycles. The van der Waals surface area contributed by atoms with Crippen LogP contribution in [0.15, 0.2) is 18.6 Å². The van der Waals surface area contributed by atoms with Crippen molar-refractivity contribution in [1.82, 2.24) is 14.9 Å². The second-order valence-electron chi connectivity index (χ2n) is 3.46. The Morgan fingerprint density at radius 1 is 1.53 bits per heavy atom. The molecular formula is C10H13N3O2. The van der Waals surface area contributed by atoms with E-state index >= 15 is 0 Å². The lowest BCUT2D eigenvalue weighted by Gasteiger charge is -2.17. The molecule has 80 valence electrons. The zero-order valence-electron chi connectivity index (χ0n) is 8.75. The van der Waals surface area contributed by atoms with E-state index in [2.05, 4.69) is 9.97 Å². The van der Waals surface area contributed by atoms with E-state index in [1.807, 2.05) is 13.8 Å². The average Bonchev–Trinajstić information content (AvgIpc) is 2.55. The molecule has 15 heavy (non-hydrogen) atoms. The Balaban J connectivity index is 2.23. The molecule has 0 aromatic carbocycles. The zero-order valence-corrected chi connectivity index (χ0v) is 8.75. The summed E-state index contributed by atoms with van der Waals surface area (Å²) in [4.78, 5) is 21.3. The van der Waals surface area contributed by atoms with Crippen LogP contribution >= 0.6 is 0 Å². The van der Waals surface area contributed by atoms with Crippen LogP contribution in [0.3, 0.4) is 0 Å². The van der Waals surface area contributed by atoms with E-state index in [9.17, 15) is 4.79 Å². The van der Waals surface area contributed by atoms with Gasteiger partial charge >= 0.3 is 6.09 Å². The highest BCUT2D eigenvalue weighted by molar-refractivity contribution is 5.70. The second-order valence-corrected chi connectivity index (χ2v) is 3.46. The monoisotopic (exact) mass is 207 g/mol. The number of rotatable bonds is 2. The Kier molecular flexibility index (Phi) is 2.53. The van der Waals surface area contributed by atoms with Crippen molar-refractivity contribution in [1.29, 1.82) is 0 Å². The number of nitrogens with zero attached hydrogens (tertiary/aromatic N) is 3. The number of ether oxygens (including phenoxy) is 1. The molecule has 0 aliphatic carbocycles. The van der Waals surface area contributed by atoms with Crippen LogP contribution in [-0.4, -0.2) is 33.5 Å². The van der Waals surface area contributed by atoms with Crippen molar-refractivity contribution in [3.63, 3.8) is 0 Å². The van der Waals surface area contributed by atoms with Crippen LogP contribution in [0.1, 0.15) is 25.6 Å². The molecule has 5 heteroatoms. The summed E-state index contributed by atoms with van der Waals surface area (Å²) in [5.74, 6) is 0. The predicted octanol–water partition coefficient (Wildman–Crippen LogP) is 1.38. The van der Waals surface area contributed by atoms with Crippen molar-refractivity contribution in [2.75, 3.05) is 6.54 Å². The molecule has 1 fully saturated rings. The van der Waals surface area contributed by atoms with Crippen molar-refractivity contribution in [2.45, 2.75) is 26.0 Å². The molecule has 2 heterocycles. The first-order chi connectivity index (χ1) is 7.24. The first-order valence-corrected chi connectivity index (χ1v) is 4.97. The first-order valence-electron chi connectivity index (χ1n) is 4.97. The van der Waals surface area contributed by atoms with Crippen molar-refractivity contribution in [3.05, 3.63) is 24.3 Å². The third-order valence-electron chi connectivity index (χ3n) is 2.61. The number of cyclic esters (lactones) is 1. The molecule has 1 aliphatic heterocycles. The second kappa shape index (κ2) is 3.84. The van der Waals surface area contributed by atoms with E-state index in [0.29, 0.717) is 12.2 Å². The van der Waals surface area contributed by atoms with Gasteiger partial charge in [0.05, 0.1) is 12.2 Å². The molecule has 0 unspecified atom stereocenters. The van der Waals surface area contributed by atoms with Crippen molar-refractivity contribution in [3.8, 4) is 0 Å². The van der Waals surface area contributed by atoms with Crippen LogP contribution in [-0.2, 0) is 4.74 Å². The van der Waals surface area contributed by atoms with Crippen molar-refractivity contribution < 1.29 is 9.53 Å². The molecular weight excluding hydrogens is 194 g/mol. The molecule has 1 aliphatic rings. The van der Waals surface area contributed by atoms with E-state index < -0.39 is 0 Å². The third-order valence-corrected chi connectivity index (χ3v) is 2.61. The highest BCUT2D eigenvalue weighted by atomic mass is 16.6. The maximum atomic E-state index is 11.5. The number of hydrogen-bond acceptors (Lipinski definition) is 4. The van der Waals surface area contributed by atoms with Gasteiger partial charge in [-0.2, -0.15) is 0 Å². The molecule has 2 rings (SSSR count). The van der Waals surface area contributed by atoms with E-state index in [1.165, 1.54) is 0 Å². The minimum absolute atomic E-state index is 0.0131. The first kappa shape index (κ1) is 9.89. The van der Waals surface area contributed by atoms with Crippen LogP contribution in [0.25, 0.3) is 0 Å². The Morgan fingerprint density at radius 2 is 2.33 bits per heavy atom. The normalized spacial score (nSPS) is 25.5. The summed E-state index contributed by atoms with van der Waals surface area (Å²) in [7, 11) is 0. The lowest BCUT2D eigenvalue weighted by molar-refractivity contribution is 0.128. The predicted molar refractivity (Wildman–Crippen MR) is 53.1 cm³/mol. The van der Waals surface area contributed by atoms with E-state index in [4.69, 9.17) is 4.74 Å². The molecule has 0 N–H and O–H groups in total. The number of aromatic nitrogens is 2. The Morgan fingerprint density at radius 3 is 2.87 bits per heavy atom. The third kappa shape index (κ3) is 1.65. The summed E-state index contributed by atoms with van der Waals surface area (Å²) >= 11 is 0. The Bertz CT molecular complexity index is 355. The summed E-state index contributed by atoms with van der Waals surface area (Å²) in [6, 6.07) is 0.0131. The van der Waals surface area contributed by atoms with E-state index in [1.54, 1.807) is 23.5 Å². The fraction of sp³-hybridized carbons (Fsp3) is 0.500. The highest BCUT2D eigenvalue weighted by Gasteiger charge is 2.39. The largest absolute Gasteiger partial charge is 0.437 e. The van der Waals surface area contributed by atoms with E-state index in [-0.39, 0.29) is 18.2 Å². The summed E-state index contributed by atoms with van der Waals surface area (Å²) in [5.41, 5.74) is 0.703. The number of likely N-dealkylation sites (N-methyl/N-ethyl adjacent to an activating group) is 1. The fourth-order valence-electron chi connectivity index (χ4n) is 1.79. The number of carbonyl (C=O) groups is 1. The zero-order chi connectivity index (χ0) is 10.8. The van der Waals surface area contributed by atoms with Gasteiger partial charge in [-0.1, -0.05) is 0 Å². The van der Waals surface area contributed by atoms with Crippen molar-refractivity contribution in [2.24, 2.45) is 0 Å². The van der Waals surface area contributed by atoms with Gasteiger partial charge in [0.1, 0.15) is 5.69 Å². The van der Waals surface area contributed by atoms with Gasteiger partial charge in [-0.3, -0.25) is 9.97 Å². The average molecular weight is 207 g/mol. The quantitative estimate of drug-likeness (QED) is 0.735. The fourth-order valence-corrected chi connectivity index (χ4v) is 1.79. The van der Waals surface area contributed by atoms with Crippen LogP contribution in [0.4, 0.5) is 4.79 Å². The van der Waals surface area contributed by atoms with Gasteiger partial charge in [0.25, 0.3) is 0 Å². The van der Waals surface area contributed by atoms with Crippen LogP contribution in [0.5, 0.6) is 0 Å². The van der Waals surface area contributed by atoms with E-state index in [0.717, 1.165) is 0 Å². The van der Waals surface area contributed by atoms with Crippen LogP contribution in [0, 0.1) is 0 Å². The lowest BCUT2D eigenvalue weighted by atomic mass is 10.1. The molecule has 0 spiro atoms. The van der Waals surface area contributed by atoms with Gasteiger partial charge in [0, 0.05) is 18.9 Å². The molecule has 1 aromatic heterocycles. The Hall–Kier alpha value is -1.65. The highest BCUT2D eigenvalue weighted by Crippen LogP contribution is 2.30. The molecule has 1 aromatic rings. The van der Waals surface area contributed by atoms with Crippen LogP contribution < -0.4 is 0 Å². The lowest BCUT2D eigenvalue weighted by Crippen LogP contribution is -2.31. The number of hydrogen-bond donors (Lipinski definition) is 0. The molecule has 0 radical (unpaired) electrons. The summed E-state index contributed by atoms with van der Waals surface area (Å²) in [6.45, 7) is 4.53. The van der Waals surface area contributed by atoms with Gasteiger partial charge in [-0.15, -0.1) is 0 Å². The Labute approximate surface area is 88.1 Å². The summed E-state index contributed by atoms with van der Waals surface area (Å²) in [5, 5.41) is 0. The molecule has 1 amide bonds. The standard InChI is InChI=1S/C10H13N3O2/c1-3-13-7(2)9(15-10(13)14)8-6-11-4-5-12-8/h4-7,9H,3H2,1-2H3/t7-,9+/m0/s1. The number of amides is 1. The molecule has 1 saturated heterocycles. The van der Waals surface area contributed by atoms with Crippen LogP contribution in [0.2, 0.25) is 0 Å². The minimum atomic E-state index is -0.300. The summed E-state index contributed by atoms with van der Waals surface area (Å²) in [6.07, 6.45) is 4.26. The smallest absolute Gasteiger partial charge is 0.410 e. The summed E-state index contributed by atoms with van der Waals surface area (Å²) < 4.78 is 5.25. The SMILES string of the molecule is CCN1C(=O)O[C@@H](c2cnccn2)[C@@H]1C. The molecule has 2 atom stereocenters. The topological polar surface area (TPSA) is 55.3 Å². The maximum Gasteiger partial charge on any atom is 0.410 e. The maximum absolute atomic E-state index is 11.5. The number of carbonyl (C=O) groups excluding carboxylic acids is 1. The van der Waals surface area contributed by atoms with Gasteiger partial charge in [0.15, 0.2) is 6.10 Å². The molecule has 0 bridgehead atoms. The van der Waals surface area contributed by atoms with Crippen molar-refractivity contribution >= 4 is 6.09 Å². The van der Waals surface area contributed by atoms with Gasteiger partial charge in [0.2, 0.25) is 0 Å². The molecule has 5 nitrogen and oxygen atoms in total. The minimum Gasteiger partial charge on any atom is -0.437 e. The van der Waals surface area contributed by atoms with Gasteiger partial charge < -0.3 is 9.64 Å².